The molecule has 3 heterocycles. The lowest BCUT2D eigenvalue weighted by Gasteiger charge is -2.23. The Morgan fingerprint density at radius 3 is 2.43 bits per heavy atom. The lowest BCUT2D eigenvalue weighted by Crippen LogP contribution is -2.23. The van der Waals surface area contributed by atoms with Gasteiger partial charge in [-0.2, -0.15) is 13.2 Å². The summed E-state index contributed by atoms with van der Waals surface area (Å²) < 4.78 is 76.8. The summed E-state index contributed by atoms with van der Waals surface area (Å²) in [5.74, 6) is 0.0118. The Kier molecular flexibility index (Phi) is 6.93. The maximum atomic E-state index is 13.8. The standard InChI is InChI=1S/C30H25F3N4O4S/c31-30(32,33)21-8-5-9-22(17-21)35-42(39,40)27-18-23(12-13-25(27)36-14-3-4-15-36)37-19-20-7-1-2-10-24(20)28(37)34-29(38)26-11-6-16-41-26/h1-2,5-13,16-19,35H,3-4,14-15H2,(H,34,38). The number of anilines is 3. The molecule has 1 fully saturated rings. The average molecular weight is 595 g/mol. The molecule has 1 amide bonds. The Bertz CT molecular complexity index is 1880. The number of alkyl halides is 3. The predicted octanol–water partition coefficient (Wildman–Crippen LogP) is 6.90. The largest absolute Gasteiger partial charge is 0.459 e. The molecule has 42 heavy (non-hydrogen) atoms. The fourth-order valence-electron chi connectivity index (χ4n) is 5.12. The van der Waals surface area contributed by atoms with Crippen LogP contribution in [0.25, 0.3) is 16.5 Å². The van der Waals surface area contributed by atoms with Crippen molar-refractivity contribution >= 4 is 43.9 Å². The summed E-state index contributed by atoms with van der Waals surface area (Å²) in [6.07, 6.45) is 0.295. The van der Waals surface area contributed by atoms with Crippen molar-refractivity contribution < 1.29 is 30.8 Å². The van der Waals surface area contributed by atoms with Crippen LogP contribution in [0, 0.1) is 0 Å². The molecule has 0 saturated carbocycles. The van der Waals surface area contributed by atoms with Gasteiger partial charge in [-0.15, -0.1) is 0 Å². The number of nitrogens with one attached hydrogen (secondary N) is 2. The van der Waals surface area contributed by atoms with Gasteiger partial charge >= 0.3 is 6.18 Å². The first-order valence-electron chi connectivity index (χ1n) is 13.1. The molecule has 6 rings (SSSR count). The number of aromatic nitrogens is 1. The summed E-state index contributed by atoms with van der Waals surface area (Å²) in [4.78, 5) is 14.8. The van der Waals surface area contributed by atoms with Crippen molar-refractivity contribution in [2.45, 2.75) is 23.9 Å². The van der Waals surface area contributed by atoms with Crippen LogP contribution in [0.3, 0.4) is 0 Å². The molecular weight excluding hydrogens is 569 g/mol. The topological polar surface area (TPSA) is 96.6 Å². The minimum Gasteiger partial charge on any atom is -0.459 e. The molecule has 1 aliphatic rings. The predicted molar refractivity (Wildman–Crippen MR) is 154 cm³/mol. The minimum atomic E-state index is -4.63. The highest BCUT2D eigenvalue weighted by Gasteiger charge is 2.31. The fourth-order valence-corrected chi connectivity index (χ4v) is 6.42. The second-order valence-corrected chi connectivity index (χ2v) is 11.5. The highest BCUT2D eigenvalue weighted by atomic mass is 32.2. The van der Waals surface area contributed by atoms with Crippen LogP contribution in [0.2, 0.25) is 0 Å². The summed E-state index contributed by atoms with van der Waals surface area (Å²) in [6, 6.07) is 19.4. The van der Waals surface area contributed by atoms with Gasteiger partial charge in [-0.05, 0) is 61.4 Å². The van der Waals surface area contributed by atoms with Gasteiger partial charge in [-0.3, -0.25) is 9.52 Å². The molecule has 0 unspecified atom stereocenters. The van der Waals surface area contributed by atoms with Crippen LogP contribution in [0.5, 0.6) is 0 Å². The maximum Gasteiger partial charge on any atom is 0.416 e. The second-order valence-electron chi connectivity index (χ2n) is 9.90. The number of rotatable bonds is 7. The molecule has 2 N–H and O–H groups in total. The summed E-state index contributed by atoms with van der Waals surface area (Å²) in [5, 5.41) is 4.38. The van der Waals surface area contributed by atoms with E-state index in [1.54, 1.807) is 29.0 Å². The van der Waals surface area contributed by atoms with Crippen LogP contribution < -0.4 is 14.9 Å². The van der Waals surface area contributed by atoms with Crippen LogP contribution in [-0.4, -0.2) is 32.0 Å². The second kappa shape index (κ2) is 10.6. The fraction of sp³-hybridized carbons (Fsp3) is 0.167. The molecule has 0 radical (unpaired) electrons. The van der Waals surface area contributed by atoms with Gasteiger partial charge in [0, 0.05) is 41.4 Å². The zero-order chi connectivity index (χ0) is 29.5. The van der Waals surface area contributed by atoms with Crippen LogP contribution >= 0.6 is 0 Å². The lowest BCUT2D eigenvalue weighted by atomic mass is 10.2. The van der Waals surface area contributed by atoms with E-state index in [4.69, 9.17) is 4.42 Å². The van der Waals surface area contributed by atoms with E-state index in [9.17, 15) is 26.4 Å². The molecule has 0 spiro atoms. The maximum absolute atomic E-state index is 13.8. The first-order chi connectivity index (χ1) is 20.1. The van der Waals surface area contributed by atoms with Crippen molar-refractivity contribution in [2.75, 3.05) is 28.0 Å². The molecule has 1 saturated heterocycles. The Labute approximate surface area is 239 Å². The first-order valence-corrected chi connectivity index (χ1v) is 14.6. The van der Waals surface area contributed by atoms with Crippen molar-refractivity contribution in [2.24, 2.45) is 0 Å². The van der Waals surface area contributed by atoms with E-state index >= 15 is 0 Å². The van der Waals surface area contributed by atoms with Crippen LogP contribution in [0.4, 0.5) is 30.4 Å². The molecule has 8 nitrogen and oxygen atoms in total. The number of sulfonamides is 1. The highest BCUT2D eigenvalue weighted by molar-refractivity contribution is 7.92. The Hall–Kier alpha value is -4.71. The number of amides is 1. The third-order valence-corrected chi connectivity index (χ3v) is 8.51. The molecule has 5 aromatic rings. The van der Waals surface area contributed by atoms with E-state index in [-0.39, 0.29) is 16.3 Å². The van der Waals surface area contributed by atoms with E-state index in [1.807, 2.05) is 29.2 Å². The van der Waals surface area contributed by atoms with Gasteiger partial charge in [-0.25, -0.2) is 8.42 Å². The number of fused-ring (bicyclic) bond motifs is 1. The number of nitrogens with zero attached hydrogens (tertiary/aromatic N) is 2. The highest BCUT2D eigenvalue weighted by Crippen LogP contribution is 2.36. The number of hydrogen-bond donors (Lipinski definition) is 2. The number of hydrogen-bond acceptors (Lipinski definition) is 5. The molecule has 0 atom stereocenters. The molecular formula is C30H25F3N4O4S. The summed E-state index contributed by atoms with van der Waals surface area (Å²) in [7, 11) is -4.35. The molecule has 2 aromatic heterocycles. The third kappa shape index (κ3) is 5.32. The van der Waals surface area contributed by atoms with Crippen molar-refractivity contribution in [3.63, 3.8) is 0 Å². The van der Waals surface area contributed by atoms with E-state index in [0.29, 0.717) is 35.7 Å². The van der Waals surface area contributed by atoms with E-state index in [2.05, 4.69) is 10.0 Å². The van der Waals surface area contributed by atoms with Gasteiger partial charge < -0.3 is 19.2 Å². The zero-order valence-electron chi connectivity index (χ0n) is 22.1. The van der Waals surface area contributed by atoms with E-state index < -0.39 is 27.7 Å². The number of furan rings is 1. The van der Waals surface area contributed by atoms with Crippen LogP contribution in [0.1, 0.15) is 29.0 Å². The Morgan fingerprint density at radius 2 is 1.69 bits per heavy atom. The average Bonchev–Trinajstić information content (AvgIpc) is 3.74. The van der Waals surface area contributed by atoms with Crippen molar-refractivity contribution in [3.05, 3.63) is 103 Å². The lowest BCUT2D eigenvalue weighted by molar-refractivity contribution is -0.137. The molecule has 0 bridgehead atoms. The summed E-state index contributed by atoms with van der Waals surface area (Å²) in [5.41, 5.74) is -0.310. The first kappa shape index (κ1) is 27.5. The van der Waals surface area contributed by atoms with Gasteiger partial charge in [0.05, 0.1) is 17.5 Å². The third-order valence-electron chi connectivity index (χ3n) is 7.10. The zero-order valence-corrected chi connectivity index (χ0v) is 22.9. The van der Waals surface area contributed by atoms with E-state index in [0.717, 1.165) is 36.4 Å². The number of carbonyl (C=O) groups excluding carboxylic acids is 1. The normalized spacial score (nSPS) is 13.9. The summed E-state index contributed by atoms with van der Waals surface area (Å²) >= 11 is 0. The Balaban J connectivity index is 1.46. The summed E-state index contributed by atoms with van der Waals surface area (Å²) in [6.45, 7) is 1.28. The Morgan fingerprint density at radius 1 is 0.905 bits per heavy atom. The molecule has 216 valence electrons. The van der Waals surface area contributed by atoms with Crippen LogP contribution in [-0.2, 0) is 16.2 Å². The van der Waals surface area contributed by atoms with Crippen LogP contribution in [0.15, 0.2) is 101 Å². The molecule has 1 aliphatic heterocycles. The van der Waals surface area contributed by atoms with Gasteiger partial charge in [0.1, 0.15) is 10.7 Å². The van der Waals surface area contributed by atoms with E-state index in [1.165, 1.54) is 24.5 Å². The quantitative estimate of drug-likeness (QED) is 0.214. The minimum absolute atomic E-state index is 0.0969. The monoisotopic (exact) mass is 594 g/mol. The number of carbonyl (C=O) groups is 1. The van der Waals surface area contributed by atoms with Gasteiger partial charge in [-0.1, -0.05) is 30.3 Å². The van der Waals surface area contributed by atoms with Crippen molar-refractivity contribution in [3.8, 4) is 5.69 Å². The van der Waals surface area contributed by atoms with Gasteiger partial charge in [0.15, 0.2) is 5.76 Å². The molecule has 3 aromatic carbocycles. The van der Waals surface area contributed by atoms with Gasteiger partial charge in [0.25, 0.3) is 15.9 Å². The smallest absolute Gasteiger partial charge is 0.416 e. The van der Waals surface area contributed by atoms with Crippen molar-refractivity contribution in [1.29, 1.82) is 0 Å². The molecule has 0 aliphatic carbocycles. The number of halogens is 3. The SMILES string of the molecule is O=C(Nc1c2ccccc2cn1-c1ccc(N2CCCC2)c(S(=O)(=O)Nc2cccc(C(F)(F)F)c2)c1)c1ccco1. The van der Waals surface area contributed by atoms with Crippen molar-refractivity contribution in [1.82, 2.24) is 4.57 Å². The number of benzene rings is 3. The molecule has 12 heteroatoms. The van der Waals surface area contributed by atoms with Gasteiger partial charge in [0.2, 0.25) is 0 Å².